The van der Waals surface area contributed by atoms with Crippen LogP contribution in [0.3, 0.4) is 0 Å². The number of nitrogens with zero attached hydrogens (tertiary/aromatic N) is 2. The lowest BCUT2D eigenvalue weighted by Gasteiger charge is -2.15. The van der Waals surface area contributed by atoms with Gasteiger partial charge in [0, 0.05) is 5.56 Å². The molecule has 4 nitrogen and oxygen atoms in total. The van der Waals surface area contributed by atoms with Crippen molar-refractivity contribution in [3.05, 3.63) is 40.2 Å². The number of halogens is 3. The molecular weight excluding hydrogens is 302 g/mol. The van der Waals surface area contributed by atoms with Crippen molar-refractivity contribution in [3.8, 4) is 17.3 Å². The summed E-state index contributed by atoms with van der Waals surface area (Å²) in [6.45, 7) is -5.08. The average Bonchev–Trinajstić information content (AvgIpc) is 2.45. The average molecular weight is 310 g/mol. The summed E-state index contributed by atoms with van der Waals surface area (Å²) in [5.41, 5.74) is -1.22. The lowest BCUT2D eigenvalue weighted by atomic mass is 9.80. The van der Waals surface area contributed by atoms with Gasteiger partial charge >= 0.3 is 6.98 Å². The molecule has 0 spiro atoms. The van der Waals surface area contributed by atoms with Crippen molar-refractivity contribution in [1.29, 1.82) is 5.26 Å². The van der Waals surface area contributed by atoms with Crippen molar-refractivity contribution in [2.75, 3.05) is 6.26 Å². The van der Waals surface area contributed by atoms with Crippen molar-refractivity contribution in [2.45, 2.75) is 5.16 Å². The van der Waals surface area contributed by atoms with Crippen molar-refractivity contribution in [2.24, 2.45) is 0 Å². The van der Waals surface area contributed by atoms with Crippen LogP contribution in [0.2, 0.25) is 0 Å². The molecule has 0 radical (unpaired) electrons. The van der Waals surface area contributed by atoms with Gasteiger partial charge in [0.25, 0.3) is 5.56 Å². The maximum absolute atomic E-state index is 12.6. The molecule has 0 atom stereocenters. The number of nitrogens with one attached hydrogen (secondary N) is 1. The first-order valence-corrected chi connectivity index (χ1v) is 6.98. The van der Waals surface area contributed by atoms with Crippen LogP contribution in [-0.2, 0) is 0 Å². The largest absolute Gasteiger partial charge is 0.509 e. The number of aromatic nitrogens is 2. The first kappa shape index (κ1) is 15.2. The molecule has 9 heteroatoms. The smallest absolute Gasteiger partial charge is 0.445 e. The normalized spacial score (nSPS) is 11.2. The van der Waals surface area contributed by atoms with E-state index in [2.05, 4.69) is 9.97 Å². The van der Waals surface area contributed by atoms with Crippen LogP contribution in [0.4, 0.5) is 12.9 Å². The molecular formula is C12H8BF3N3OS-. The molecule has 2 rings (SSSR count). The number of benzene rings is 1. The standard InChI is InChI=1S/C12H8BF3N3OS/c1-21-12-18-10(9(6-17)11(20)19-12)7-2-4-8(5-3-7)13(14,15)16/h2-5H,1H3,(H,18,19,20)/q-1. The zero-order valence-electron chi connectivity index (χ0n) is 10.7. The summed E-state index contributed by atoms with van der Waals surface area (Å²) in [5.74, 6) is 0. The Morgan fingerprint density at radius 2 is 1.90 bits per heavy atom. The first-order chi connectivity index (χ1) is 9.86. The van der Waals surface area contributed by atoms with E-state index in [9.17, 15) is 17.7 Å². The highest BCUT2D eigenvalue weighted by Crippen LogP contribution is 2.21. The lowest BCUT2D eigenvalue weighted by molar-refractivity contribution is 0.501. The van der Waals surface area contributed by atoms with E-state index >= 15 is 0 Å². The van der Waals surface area contributed by atoms with Gasteiger partial charge in [-0.1, -0.05) is 36.0 Å². The predicted octanol–water partition coefficient (Wildman–Crippen LogP) is 2.08. The van der Waals surface area contributed by atoms with Gasteiger partial charge in [-0.25, -0.2) is 4.98 Å². The number of aromatic amines is 1. The van der Waals surface area contributed by atoms with Crippen LogP contribution >= 0.6 is 11.8 Å². The topological polar surface area (TPSA) is 69.5 Å². The van der Waals surface area contributed by atoms with Gasteiger partial charge in [0.1, 0.15) is 11.6 Å². The fourth-order valence-electron chi connectivity index (χ4n) is 1.72. The van der Waals surface area contributed by atoms with Gasteiger partial charge in [0.15, 0.2) is 5.16 Å². The van der Waals surface area contributed by atoms with Crippen LogP contribution < -0.4 is 11.0 Å². The quantitative estimate of drug-likeness (QED) is 0.535. The van der Waals surface area contributed by atoms with Crippen molar-refractivity contribution >= 4 is 24.2 Å². The molecule has 0 fully saturated rings. The first-order valence-electron chi connectivity index (χ1n) is 5.75. The minimum atomic E-state index is -5.08. The zero-order chi connectivity index (χ0) is 15.6. The second-order valence-electron chi connectivity index (χ2n) is 4.11. The maximum atomic E-state index is 12.6. The summed E-state index contributed by atoms with van der Waals surface area (Å²) in [6.07, 6.45) is 1.68. The Balaban J connectivity index is 2.59. The van der Waals surface area contributed by atoms with Gasteiger partial charge in [-0.2, -0.15) is 5.26 Å². The van der Waals surface area contributed by atoms with Crippen LogP contribution in [0.5, 0.6) is 0 Å². The van der Waals surface area contributed by atoms with Gasteiger partial charge in [-0.15, -0.1) is 5.46 Å². The SMILES string of the molecule is CSc1nc(-c2ccc([B-](F)(F)F)cc2)c(C#N)c(=O)[nH]1. The molecule has 21 heavy (non-hydrogen) atoms. The molecule has 0 bridgehead atoms. The van der Waals surface area contributed by atoms with Crippen molar-refractivity contribution in [1.82, 2.24) is 9.97 Å². The van der Waals surface area contributed by atoms with E-state index in [4.69, 9.17) is 5.26 Å². The fourth-order valence-corrected chi connectivity index (χ4v) is 2.10. The molecule has 2 aromatic rings. The minimum Gasteiger partial charge on any atom is -0.445 e. The van der Waals surface area contributed by atoms with Gasteiger partial charge in [-0.05, 0) is 6.26 Å². The lowest BCUT2D eigenvalue weighted by Crippen LogP contribution is -2.33. The fraction of sp³-hybridized carbons (Fsp3) is 0.0833. The third-order valence-electron chi connectivity index (χ3n) is 2.76. The molecule has 0 aliphatic heterocycles. The van der Waals surface area contributed by atoms with Crippen LogP contribution in [0, 0.1) is 11.3 Å². The van der Waals surface area contributed by atoms with Crippen molar-refractivity contribution in [3.63, 3.8) is 0 Å². The Morgan fingerprint density at radius 3 is 2.38 bits per heavy atom. The van der Waals surface area contributed by atoms with Crippen molar-refractivity contribution < 1.29 is 12.9 Å². The third kappa shape index (κ3) is 3.11. The Labute approximate surface area is 122 Å². The Hall–Kier alpha value is -2.21. The molecule has 0 amide bonds. The van der Waals surface area contributed by atoms with Gasteiger partial charge in [0.2, 0.25) is 0 Å². The molecule has 0 aliphatic carbocycles. The molecule has 1 aromatic heterocycles. The maximum Gasteiger partial charge on any atom is 0.509 e. The molecule has 108 valence electrons. The second kappa shape index (κ2) is 5.65. The molecule has 1 aromatic carbocycles. The molecule has 1 N–H and O–H groups in total. The molecule has 0 aliphatic rings. The number of hydrogen-bond acceptors (Lipinski definition) is 4. The Kier molecular flexibility index (Phi) is 4.09. The van der Waals surface area contributed by atoms with Gasteiger partial charge < -0.3 is 17.9 Å². The van der Waals surface area contributed by atoms with Crippen LogP contribution in [0.1, 0.15) is 5.56 Å². The van der Waals surface area contributed by atoms with E-state index in [-0.39, 0.29) is 22.0 Å². The van der Waals surface area contributed by atoms with E-state index in [1.165, 1.54) is 23.9 Å². The number of nitriles is 1. The number of rotatable bonds is 3. The second-order valence-corrected chi connectivity index (χ2v) is 4.90. The number of hydrogen-bond donors (Lipinski definition) is 1. The van der Waals surface area contributed by atoms with Crippen LogP contribution in [0.15, 0.2) is 34.2 Å². The summed E-state index contributed by atoms with van der Waals surface area (Å²) in [5, 5.41) is 9.30. The summed E-state index contributed by atoms with van der Waals surface area (Å²) >= 11 is 1.17. The van der Waals surface area contributed by atoms with Crippen LogP contribution in [-0.4, -0.2) is 23.2 Å². The Bertz CT molecular complexity index is 765. The summed E-state index contributed by atoms with van der Waals surface area (Å²) in [4.78, 5) is 18.3. The van der Waals surface area contributed by atoms with E-state index in [0.717, 1.165) is 12.1 Å². The highest BCUT2D eigenvalue weighted by Gasteiger charge is 2.25. The van der Waals surface area contributed by atoms with Gasteiger partial charge in [0.05, 0.1) is 5.69 Å². The Morgan fingerprint density at radius 1 is 1.29 bits per heavy atom. The molecule has 1 heterocycles. The van der Waals surface area contributed by atoms with E-state index < -0.39 is 18.0 Å². The zero-order valence-corrected chi connectivity index (χ0v) is 11.5. The monoisotopic (exact) mass is 310 g/mol. The molecule has 0 unspecified atom stereocenters. The van der Waals surface area contributed by atoms with Gasteiger partial charge in [-0.3, -0.25) is 4.79 Å². The summed E-state index contributed by atoms with van der Waals surface area (Å²) < 4.78 is 37.8. The van der Waals surface area contributed by atoms with E-state index in [1.807, 2.05) is 0 Å². The molecule has 0 saturated heterocycles. The van der Waals surface area contributed by atoms with E-state index in [0.29, 0.717) is 0 Å². The van der Waals surface area contributed by atoms with Crippen LogP contribution in [0.25, 0.3) is 11.3 Å². The minimum absolute atomic E-state index is 0.0758. The highest BCUT2D eigenvalue weighted by atomic mass is 32.2. The summed E-state index contributed by atoms with van der Waals surface area (Å²) in [7, 11) is 0. The predicted molar refractivity (Wildman–Crippen MR) is 75.5 cm³/mol. The number of H-pyrrole nitrogens is 1. The van der Waals surface area contributed by atoms with E-state index in [1.54, 1.807) is 12.3 Å². The molecule has 0 saturated carbocycles. The highest BCUT2D eigenvalue weighted by molar-refractivity contribution is 7.98. The summed E-state index contributed by atoms with van der Waals surface area (Å²) in [6, 6.07) is 5.97. The third-order valence-corrected chi connectivity index (χ3v) is 3.34. The number of thioether (sulfide) groups is 1.